The van der Waals surface area contributed by atoms with E-state index in [-0.39, 0.29) is 11.3 Å². The van der Waals surface area contributed by atoms with Gasteiger partial charge in [-0.15, -0.1) is 0 Å². The fraction of sp³-hybridized carbons (Fsp3) is 0.111. The van der Waals surface area contributed by atoms with E-state index < -0.39 is 10.1 Å². The van der Waals surface area contributed by atoms with E-state index in [0.717, 1.165) is 6.26 Å². The molecule has 0 bridgehead atoms. The Hall–Kier alpha value is -1.89. The van der Waals surface area contributed by atoms with Crippen LogP contribution >= 0.6 is 0 Å². The third kappa shape index (κ3) is 2.19. The molecule has 0 saturated heterocycles. The van der Waals surface area contributed by atoms with E-state index in [2.05, 4.69) is 14.2 Å². The molecule has 0 atom stereocenters. The van der Waals surface area contributed by atoms with Gasteiger partial charge in [0.15, 0.2) is 0 Å². The van der Waals surface area contributed by atoms with Crippen LogP contribution < -0.4 is 9.74 Å². The summed E-state index contributed by atoms with van der Waals surface area (Å²) in [6.07, 6.45) is 2.19. The molecule has 1 aromatic heterocycles. The summed E-state index contributed by atoms with van der Waals surface area (Å²) in [6, 6.07) is 4.26. The summed E-state index contributed by atoms with van der Waals surface area (Å²) in [5.41, 5.74) is 0.0980. The minimum Gasteiger partial charge on any atom is -0.383 e. The number of nitrogens with zero attached hydrogens (tertiary/aromatic N) is 1. The first-order valence-corrected chi connectivity index (χ1v) is 6.14. The summed E-state index contributed by atoms with van der Waals surface area (Å²) in [5.74, 6) is 0.133. The van der Waals surface area contributed by atoms with Crippen LogP contribution in [0.1, 0.15) is 0 Å². The van der Waals surface area contributed by atoms with Gasteiger partial charge in [-0.2, -0.15) is 8.42 Å². The van der Waals surface area contributed by atoms with Crippen LogP contribution in [0.2, 0.25) is 0 Å². The molecule has 0 amide bonds. The molecule has 84 valence electrons. The quantitative estimate of drug-likeness (QED) is 0.760. The molecule has 2 aromatic rings. The van der Waals surface area contributed by atoms with E-state index in [0.29, 0.717) is 10.9 Å². The number of H-pyrrole nitrogens is 1. The Morgan fingerprint density at radius 3 is 2.81 bits per heavy atom. The maximum Gasteiger partial charge on any atom is 0.306 e. The second-order valence-corrected chi connectivity index (χ2v) is 4.77. The third-order valence-electron chi connectivity index (χ3n) is 1.86. The third-order valence-corrected chi connectivity index (χ3v) is 2.36. The molecule has 0 spiro atoms. The van der Waals surface area contributed by atoms with Gasteiger partial charge in [-0.3, -0.25) is 4.79 Å². The lowest BCUT2D eigenvalue weighted by Crippen LogP contribution is -2.08. The van der Waals surface area contributed by atoms with Crippen LogP contribution in [0.5, 0.6) is 5.75 Å². The molecule has 0 aliphatic rings. The maximum atomic E-state index is 11.3. The number of nitrogens with one attached hydrogen (secondary N) is 1. The number of hydrogen-bond donors (Lipinski definition) is 1. The predicted octanol–water partition coefficient (Wildman–Crippen LogP) is 0.262. The predicted molar refractivity (Wildman–Crippen MR) is 57.8 cm³/mol. The summed E-state index contributed by atoms with van der Waals surface area (Å²) in [5, 5.41) is 0.378. The highest BCUT2D eigenvalue weighted by Crippen LogP contribution is 2.17. The zero-order valence-electron chi connectivity index (χ0n) is 8.30. The lowest BCUT2D eigenvalue weighted by Gasteiger charge is -2.02. The Morgan fingerprint density at radius 1 is 1.38 bits per heavy atom. The SMILES string of the molecule is CS(=O)(=O)Oc1ccc2c(=O)[nH]cnc2c1. The second kappa shape index (κ2) is 3.60. The standard InChI is InChI=1S/C9H8N2O4S/c1-16(13,14)15-6-2-3-7-8(4-6)10-5-11-9(7)12/h2-5H,1H3,(H,10,11,12). The first kappa shape index (κ1) is 10.6. The van der Waals surface area contributed by atoms with E-state index in [9.17, 15) is 13.2 Å². The van der Waals surface area contributed by atoms with Crippen molar-refractivity contribution < 1.29 is 12.6 Å². The molecule has 1 heterocycles. The van der Waals surface area contributed by atoms with Crippen molar-refractivity contribution in [2.24, 2.45) is 0 Å². The van der Waals surface area contributed by atoms with Gasteiger partial charge in [-0.1, -0.05) is 0 Å². The Bertz CT molecular complexity index is 690. The molecule has 1 N–H and O–H groups in total. The Labute approximate surface area is 91.0 Å². The first-order valence-electron chi connectivity index (χ1n) is 4.33. The summed E-state index contributed by atoms with van der Waals surface area (Å²) >= 11 is 0. The number of benzene rings is 1. The molecule has 2 rings (SSSR count). The normalized spacial score (nSPS) is 11.6. The Balaban J connectivity index is 2.57. The van der Waals surface area contributed by atoms with Crippen molar-refractivity contribution in [3.8, 4) is 5.75 Å². The van der Waals surface area contributed by atoms with Crippen LogP contribution in [0, 0.1) is 0 Å². The van der Waals surface area contributed by atoms with Gasteiger partial charge in [-0.25, -0.2) is 4.98 Å². The average Bonchev–Trinajstić information content (AvgIpc) is 2.15. The molecule has 0 unspecified atom stereocenters. The van der Waals surface area contributed by atoms with E-state index >= 15 is 0 Å². The summed E-state index contributed by atoms with van der Waals surface area (Å²) in [6.45, 7) is 0. The molecule has 0 aliphatic heterocycles. The summed E-state index contributed by atoms with van der Waals surface area (Å²) < 4.78 is 26.5. The van der Waals surface area contributed by atoms with Gasteiger partial charge in [-0.05, 0) is 12.1 Å². The zero-order valence-corrected chi connectivity index (χ0v) is 9.11. The van der Waals surface area contributed by atoms with Gasteiger partial charge in [0.1, 0.15) is 5.75 Å². The molecule has 16 heavy (non-hydrogen) atoms. The van der Waals surface area contributed by atoms with E-state index in [1.807, 2.05) is 0 Å². The van der Waals surface area contributed by atoms with Gasteiger partial charge in [0, 0.05) is 6.07 Å². The maximum absolute atomic E-state index is 11.3. The number of aromatic amines is 1. The fourth-order valence-corrected chi connectivity index (χ4v) is 1.73. The molecule has 7 heteroatoms. The highest BCUT2D eigenvalue weighted by atomic mass is 32.2. The molecule has 1 aromatic carbocycles. The van der Waals surface area contributed by atoms with E-state index in [1.54, 1.807) is 0 Å². The summed E-state index contributed by atoms with van der Waals surface area (Å²) in [4.78, 5) is 17.6. The highest BCUT2D eigenvalue weighted by molar-refractivity contribution is 7.86. The minimum atomic E-state index is -3.57. The number of fused-ring (bicyclic) bond motifs is 1. The van der Waals surface area contributed by atoms with Crippen LogP contribution in [0.25, 0.3) is 10.9 Å². The van der Waals surface area contributed by atoms with Crippen LogP contribution in [0.15, 0.2) is 29.3 Å². The fourth-order valence-electron chi connectivity index (χ4n) is 1.28. The van der Waals surface area contributed by atoms with Crippen LogP contribution in [-0.4, -0.2) is 24.6 Å². The largest absolute Gasteiger partial charge is 0.383 e. The highest BCUT2D eigenvalue weighted by Gasteiger charge is 2.06. The topological polar surface area (TPSA) is 89.1 Å². The van der Waals surface area contributed by atoms with Crippen LogP contribution in [-0.2, 0) is 10.1 Å². The van der Waals surface area contributed by atoms with Crippen molar-refractivity contribution >= 4 is 21.0 Å². The van der Waals surface area contributed by atoms with Crippen molar-refractivity contribution in [3.63, 3.8) is 0 Å². The molecular formula is C9H8N2O4S. The van der Waals surface area contributed by atoms with Crippen molar-refractivity contribution in [3.05, 3.63) is 34.9 Å². The minimum absolute atomic E-state index is 0.133. The van der Waals surface area contributed by atoms with Crippen LogP contribution in [0.4, 0.5) is 0 Å². The lowest BCUT2D eigenvalue weighted by molar-refractivity contribution is 0.493. The van der Waals surface area contributed by atoms with Crippen molar-refractivity contribution in [1.29, 1.82) is 0 Å². The zero-order chi connectivity index (χ0) is 11.8. The van der Waals surface area contributed by atoms with Gasteiger partial charge in [0.05, 0.1) is 23.5 Å². The summed E-state index contributed by atoms with van der Waals surface area (Å²) in [7, 11) is -3.57. The van der Waals surface area contributed by atoms with Crippen molar-refractivity contribution in [1.82, 2.24) is 9.97 Å². The van der Waals surface area contributed by atoms with Gasteiger partial charge < -0.3 is 9.17 Å². The number of rotatable bonds is 2. The van der Waals surface area contributed by atoms with Crippen molar-refractivity contribution in [2.75, 3.05) is 6.26 Å². The molecule has 0 radical (unpaired) electrons. The number of hydrogen-bond acceptors (Lipinski definition) is 5. The molecule has 0 aliphatic carbocycles. The van der Waals surface area contributed by atoms with E-state index in [1.165, 1.54) is 24.5 Å². The molecular weight excluding hydrogens is 232 g/mol. The van der Waals surface area contributed by atoms with Gasteiger partial charge >= 0.3 is 10.1 Å². The Kier molecular flexibility index (Phi) is 2.39. The monoisotopic (exact) mass is 240 g/mol. The van der Waals surface area contributed by atoms with Gasteiger partial charge in [0.2, 0.25) is 0 Å². The van der Waals surface area contributed by atoms with Gasteiger partial charge in [0.25, 0.3) is 5.56 Å². The molecule has 6 nitrogen and oxygen atoms in total. The first-order chi connectivity index (χ1) is 7.46. The Morgan fingerprint density at radius 2 is 2.12 bits per heavy atom. The van der Waals surface area contributed by atoms with Crippen LogP contribution in [0.3, 0.4) is 0 Å². The number of aromatic nitrogens is 2. The smallest absolute Gasteiger partial charge is 0.306 e. The van der Waals surface area contributed by atoms with E-state index in [4.69, 9.17) is 0 Å². The molecule has 0 saturated carbocycles. The lowest BCUT2D eigenvalue weighted by atomic mass is 10.2. The second-order valence-electron chi connectivity index (χ2n) is 3.20. The van der Waals surface area contributed by atoms with Crippen molar-refractivity contribution in [2.45, 2.75) is 0 Å². The average molecular weight is 240 g/mol. The molecule has 0 fully saturated rings.